The Kier molecular flexibility index (Phi) is 8.46. The summed E-state index contributed by atoms with van der Waals surface area (Å²) in [5.41, 5.74) is 8.52. The summed E-state index contributed by atoms with van der Waals surface area (Å²) in [4.78, 5) is 12.4. The Morgan fingerprint density at radius 2 is 1.76 bits per heavy atom. The molecule has 0 aliphatic carbocycles. The third kappa shape index (κ3) is 6.24. The second kappa shape index (κ2) is 12.5. The normalized spacial score (nSPS) is 13.8. The zero-order chi connectivity index (χ0) is 29.6. The van der Waals surface area contributed by atoms with Crippen molar-refractivity contribution in [1.29, 1.82) is 5.26 Å². The number of methoxy groups -OCH3 is 1. The van der Waals surface area contributed by atoms with Crippen molar-refractivity contribution in [3.8, 4) is 34.8 Å². The van der Waals surface area contributed by atoms with E-state index < -0.39 is 24.3 Å². The van der Waals surface area contributed by atoms with Crippen LogP contribution in [-0.2, 0) is 11.4 Å². The number of nitrogens with two attached hydrogens (primary N) is 1. The van der Waals surface area contributed by atoms with E-state index in [0.29, 0.717) is 39.1 Å². The molecule has 1 atom stereocenters. The number of ether oxygens (including phenoxy) is 5. The molecule has 10 heteroatoms. The minimum atomic E-state index is -0.676. The van der Waals surface area contributed by atoms with Gasteiger partial charge in [-0.15, -0.1) is 0 Å². The minimum absolute atomic E-state index is 0.0730. The maximum Gasteiger partial charge on any atom is 0.349 e. The van der Waals surface area contributed by atoms with Gasteiger partial charge in [-0.1, -0.05) is 41.9 Å². The molecular formula is C32H24ClFN2O6. The molecule has 0 bridgehead atoms. The lowest BCUT2D eigenvalue weighted by Crippen LogP contribution is -2.22. The van der Waals surface area contributed by atoms with Gasteiger partial charge in [0.25, 0.3) is 0 Å². The van der Waals surface area contributed by atoms with Gasteiger partial charge in [-0.25, -0.2) is 9.18 Å². The van der Waals surface area contributed by atoms with Crippen LogP contribution < -0.4 is 29.4 Å². The largest absolute Gasteiger partial charge is 0.493 e. The molecule has 0 saturated carbocycles. The van der Waals surface area contributed by atoms with Gasteiger partial charge in [0.15, 0.2) is 18.1 Å². The van der Waals surface area contributed by atoms with Gasteiger partial charge in [-0.3, -0.25) is 0 Å². The van der Waals surface area contributed by atoms with Crippen molar-refractivity contribution in [1.82, 2.24) is 0 Å². The molecule has 212 valence electrons. The summed E-state index contributed by atoms with van der Waals surface area (Å²) in [6, 6.07) is 24.9. The van der Waals surface area contributed by atoms with Gasteiger partial charge in [0.05, 0.1) is 13.0 Å². The Labute approximate surface area is 246 Å². The number of benzene rings is 4. The number of carbonyl (C=O) groups is 1. The molecule has 1 aliphatic heterocycles. The quantitative estimate of drug-likeness (QED) is 0.180. The van der Waals surface area contributed by atoms with E-state index >= 15 is 0 Å². The third-order valence-corrected chi connectivity index (χ3v) is 6.82. The predicted octanol–water partition coefficient (Wildman–Crippen LogP) is 6.27. The van der Waals surface area contributed by atoms with Crippen LogP contribution in [0.25, 0.3) is 0 Å². The van der Waals surface area contributed by atoms with Crippen LogP contribution in [0.3, 0.4) is 0 Å². The number of esters is 1. The molecule has 1 heterocycles. The topological polar surface area (TPSA) is 113 Å². The number of hydrogen-bond donors (Lipinski definition) is 1. The first kappa shape index (κ1) is 28.3. The fraction of sp³-hybridized carbons (Fsp3) is 0.125. The molecule has 1 aliphatic rings. The lowest BCUT2D eigenvalue weighted by Gasteiger charge is -2.27. The maximum atomic E-state index is 13.1. The van der Waals surface area contributed by atoms with Crippen LogP contribution in [0, 0.1) is 17.1 Å². The van der Waals surface area contributed by atoms with Gasteiger partial charge >= 0.3 is 5.97 Å². The van der Waals surface area contributed by atoms with Gasteiger partial charge in [-0.05, 0) is 54.1 Å². The van der Waals surface area contributed by atoms with Crippen molar-refractivity contribution in [3.05, 3.63) is 124 Å². The SMILES string of the molecule is COc1cc(C2C(C#N)=C(N)Oc3cc(OC(=O)COc4ccc(F)cc4)ccc32)ccc1OCc1ccccc1Cl. The average molecular weight is 587 g/mol. The molecule has 2 N–H and O–H groups in total. The Morgan fingerprint density at radius 3 is 2.50 bits per heavy atom. The fourth-order valence-corrected chi connectivity index (χ4v) is 4.62. The van der Waals surface area contributed by atoms with E-state index in [1.54, 1.807) is 30.3 Å². The predicted molar refractivity (Wildman–Crippen MR) is 152 cm³/mol. The number of halogens is 2. The van der Waals surface area contributed by atoms with E-state index in [2.05, 4.69) is 6.07 Å². The van der Waals surface area contributed by atoms with Gasteiger partial charge in [0.1, 0.15) is 41.3 Å². The highest BCUT2D eigenvalue weighted by atomic mass is 35.5. The van der Waals surface area contributed by atoms with Crippen molar-refractivity contribution in [2.75, 3.05) is 13.7 Å². The summed E-state index contributed by atoms with van der Waals surface area (Å²) < 4.78 is 41.1. The summed E-state index contributed by atoms with van der Waals surface area (Å²) in [7, 11) is 1.52. The molecule has 0 spiro atoms. The van der Waals surface area contributed by atoms with Gasteiger partial charge in [0, 0.05) is 22.2 Å². The number of nitrogens with zero attached hydrogens (tertiary/aromatic N) is 1. The van der Waals surface area contributed by atoms with Crippen LogP contribution in [0.4, 0.5) is 4.39 Å². The Hall–Kier alpha value is -5.20. The van der Waals surface area contributed by atoms with Crippen LogP contribution in [0.15, 0.2) is 96.4 Å². The van der Waals surface area contributed by atoms with Crippen molar-refractivity contribution in [3.63, 3.8) is 0 Å². The van der Waals surface area contributed by atoms with E-state index in [-0.39, 0.29) is 23.8 Å². The van der Waals surface area contributed by atoms with Crippen molar-refractivity contribution < 1.29 is 32.9 Å². The van der Waals surface area contributed by atoms with Crippen molar-refractivity contribution in [2.24, 2.45) is 5.73 Å². The van der Waals surface area contributed by atoms with Crippen LogP contribution in [-0.4, -0.2) is 19.7 Å². The number of carbonyl (C=O) groups excluding carboxylic acids is 1. The molecule has 1 unspecified atom stereocenters. The Balaban J connectivity index is 1.36. The number of rotatable bonds is 9. The highest BCUT2D eigenvalue weighted by Crippen LogP contribution is 2.45. The second-order valence-corrected chi connectivity index (χ2v) is 9.54. The van der Waals surface area contributed by atoms with Gasteiger partial charge in [-0.2, -0.15) is 5.26 Å². The highest BCUT2D eigenvalue weighted by Gasteiger charge is 2.32. The minimum Gasteiger partial charge on any atom is -0.493 e. The monoisotopic (exact) mass is 586 g/mol. The molecule has 0 aromatic heterocycles. The first-order chi connectivity index (χ1) is 20.4. The molecule has 42 heavy (non-hydrogen) atoms. The molecule has 0 radical (unpaired) electrons. The van der Waals surface area contributed by atoms with Crippen LogP contribution in [0.2, 0.25) is 5.02 Å². The molecule has 4 aromatic rings. The summed E-state index contributed by atoms with van der Waals surface area (Å²) in [6.45, 7) is -0.153. The molecule has 0 amide bonds. The van der Waals surface area contributed by atoms with Crippen LogP contribution >= 0.6 is 11.6 Å². The van der Waals surface area contributed by atoms with Gasteiger partial charge in [0.2, 0.25) is 5.88 Å². The van der Waals surface area contributed by atoms with Crippen LogP contribution in [0.1, 0.15) is 22.6 Å². The lowest BCUT2D eigenvalue weighted by molar-refractivity contribution is -0.136. The average Bonchev–Trinajstić information content (AvgIpc) is 2.99. The first-order valence-electron chi connectivity index (χ1n) is 12.7. The number of nitriles is 1. The summed E-state index contributed by atoms with van der Waals surface area (Å²) in [5, 5.41) is 10.5. The number of allylic oxidation sites excluding steroid dienone is 1. The number of hydrogen-bond acceptors (Lipinski definition) is 8. The molecule has 0 fully saturated rings. The van der Waals surface area contributed by atoms with E-state index in [1.807, 2.05) is 24.3 Å². The summed E-state index contributed by atoms with van der Waals surface area (Å²) in [5.74, 6) is 0.0274. The first-order valence-corrected chi connectivity index (χ1v) is 13.1. The highest BCUT2D eigenvalue weighted by molar-refractivity contribution is 6.31. The smallest absolute Gasteiger partial charge is 0.349 e. The molecule has 4 aromatic carbocycles. The summed E-state index contributed by atoms with van der Waals surface area (Å²) >= 11 is 6.25. The van der Waals surface area contributed by atoms with Crippen molar-refractivity contribution in [2.45, 2.75) is 12.5 Å². The van der Waals surface area contributed by atoms with Gasteiger partial charge < -0.3 is 29.4 Å². The maximum absolute atomic E-state index is 13.1. The van der Waals surface area contributed by atoms with E-state index in [1.165, 1.54) is 37.4 Å². The van der Waals surface area contributed by atoms with Crippen molar-refractivity contribution >= 4 is 17.6 Å². The molecule has 5 rings (SSSR count). The second-order valence-electron chi connectivity index (χ2n) is 9.13. The fourth-order valence-electron chi connectivity index (χ4n) is 4.43. The lowest BCUT2D eigenvalue weighted by atomic mass is 9.83. The molecular weight excluding hydrogens is 563 g/mol. The molecule has 8 nitrogen and oxygen atoms in total. The third-order valence-electron chi connectivity index (χ3n) is 6.45. The van der Waals surface area contributed by atoms with E-state index in [0.717, 1.165) is 5.56 Å². The Bertz CT molecular complexity index is 1700. The van der Waals surface area contributed by atoms with Crippen LogP contribution in [0.5, 0.6) is 28.7 Å². The van der Waals surface area contributed by atoms with E-state index in [4.69, 9.17) is 41.0 Å². The Morgan fingerprint density at radius 1 is 1.00 bits per heavy atom. The summed E-state index contributed by atoms with van der Waals surface area (Å²) in [6.07, 6.45) is 0. The standard InChI is InChI=1S/C32H24ClFN2O6/c1-38-29-14-19(6-13-27(29)40-17-20-4-2-3-5-26(20)33)31-24-12-11-23(15-28(24)42-32(36)25(31)16-35)41-30(37)18-39-22-9-7-21(34)8-10-22/h2-15,31H,17-18,36H2,1H3. The zero-order valence-electron chi connectivity index (χ0n) is 22.3. The molecule has 0 saturated heterocycles. The zero-order valence-corrected chi connectivity index (χ0v) is 23.1. The van der Waals surface area contributed by atoms with E-state index in [9.17, 15) is 14.4 Å². The number of fused-ring (bicyclic) bond motifs is 1.